The average Bonchev–Trinajstić information content (AvgIpc) is 2.85. The number of aliphatic carboxylic acids is 1. The fourth-order valence-electron chi connectivity index (χ4n) is 5.30. The van der Waals surface area contributed by atoms with Crippen LogP contribution in [0.3, 0.4) is 0 Å². The summed E-state index contributed by atoms with van der Waals surface area (Å²) in [4.78, 5) is 11.3. The van der Waals surface area contributed by atoms with E-state index in [0.29, 0.717) is 12.3 Å². The summed E-state index contributed by atoms with van der Waals surface area (Å²) >= 11 is 0. The van der Waals surface area contributed by atoms with E-state index in [0.717, 1.165) is 6.42 Å². The summed E-state index contributed by atoms with van der Waals surface area (Å²) in [7, 11) is -1.98. The Morgan fingerprint density at radius 1 is 1.00 bits per heavy atom. The first-order valence-corrected chi connectivity index (χ1v) is 14.5. The second kappa shape index (κ2) is 9.37. The molecule has 5 atom stereocenters. The van der Waals surface area contributed by atoms with Crippen molar-refractivity contribution in [1.82, 2.24) is 0 Å². The summed E-state index contributed by atoms with van der Waals surface area (Å²) in [5.41, 5.74) is -0.259. The molecule has 2 fully saturated rings. The van der Waals surface area contributed by atoms with Crippen molar-refractivity contribution in [3.8, 4) is 0 Å². The van der Waals surface area contributed by atoms with Crippen molar-refractivity contribution < 1.29 is 24.5 Å². The highest BCUT2D eigenvalue weighted by Gasteiger charge is 2.48. The van der Waals surface area contributed by atoms with Crippen LogP contribution >= 0.6 is 0 Å². The number of hydrogen-bond donors (Lipinski definition) is 3. The van der Waals surface area contributed by atoms with Gasteiger partial charge in [0.15, 0.2) is 8.32 Å². The van der Waals surface area contributed by atoms with Crippen molar-refractivity contribution in [2.75, 3.05) is 0 Å². The summed E-state index contributed by atoms with van der Waals surface area (Å²) in [6, 6.07) is 0. The number of aliphatic hydroxyl groups excluding tert-OH is 2. The molecule has 2 rings (SSSR count). The van der Waals surface area contributed by atoms with E-state index in [1.165, 1.54) is 32.1 Å². The molecule has 1 unspecified atom stereocenters. The molecule has 0 aromatic heterocycles. The third-order valence-corrected chi connectivity index (χ3v) is 12.8. The molecule has 29 heavy (non-hydrogen) atoms. The van der Waals surface area contributed by atoms with Gasteiger partial charge in [-0.3, -0.25) is 4.79 Å². The zero-order valence-corrected chi connectivity index (χ0v) is 20.4. The molecule has 0 aromatic rings. The van der Waals surface area contributed by atoms with Gasteiger partial charge in [-0.05, 0) is 69.0 Å². The molecular weight excluding hydrogens is 384 g/mol. The first kappa shape index (κ1) is 24.8. The molecule has 0 heterocycles. The van der Waals surface area contributed by atoms with Crippen LogP contribution < -0.4 is 0 Å². The van der Waals surface area contributed by atoms with Crippen molar-refractivity contribution in [2.45, 2.75) is 121 Å². The number of hydrogen-bond acceptors (Lipinski definition) is 4. The molecule has 3 N–H and O–H groups in total. The lowest BCUT2D eigenvalue weighted by molar-refractivity contribution is -0.139. The third kappa shape index (κ3) is 6.05. The van der Waals surface area contributed by atoms with E-state index >= 15 is 0 Å². The molecular formula is C23H44O5Si. The lowest BCUT2D eigenvalue weighted by atomic mass is 9.74. The van der Waals surface area contributed by atoms with Gasteiger partial charge in [0.05, 0.1) is 24.2 Å². The van der Waals surface area contributed by atoms with E-state index in [9.17, 15) is 20.1 Å². The van der Waals surface area contributed by atoms with Crippen LogP contribution in [-0.4, -0.2) is 47.4 Å². The minimum atomic E-state index is -1.98. The standard InChI is InChI=1S/C23H44O5Si/c1-22(2,3)29(5,6)28-23(4,16-10-8-7-9-11-16)13-12-17-18(14-21(26)27)20(25)15-19(17)24/h16-20,24-25H,7-15H2,1-6H3,(H,26,27)/t17-,18-,19-,20+,23?/m1/s1. The maximum atomic E-state index is 11.3. The van der Waals surface area contributed by atoms with Crippen LogP contribution in [0.5, 0.6) is 0 Å². The molecule has 6 heteroatoms. The fourth-order valence-corrected chi connectivity index (χ4v) is 7.04. The smallest absolute Gasteiger partial charge is 0.303 e. The maximum absolute atomic E-state index is 11.3. The van der Waals surface area contributed by atoms with E-state index in [1.807, 2.05) is 0 Å². The van der Waals surface area contributed by atoms with Crippen molar-refractivity contribution in [1.29, 1.82) is 0 Å². The van der Waals surface area contributed by atoms with Crippen LogP contribution in [-0.2, 0) is 9.22 Å². The predicted molar refractivity (Wildman–Crippen MR) is 118 cm³/mol. The van der Waals surface area contributed by atoms with Gasteiger partial charge in [0.25, 0.3) is 0 Å². The summed E-state index contributed by atoms with van der Waals surface area (Å²) < 4.78 is 7.05. The molecule has 0 aromatic carbocycles. The number of rotatable bonds is 8. The molecule has 0 bridgehead atoms. The molecule has 0 amide bonds. The highest BCUT2D eigenvalue weighted by molar-refractivity contribution is 6.74. The van der Waals surface area contributed by atoms with Gasteiger partial charge in [-0.2, -0.15) is 0 Å². The largest absolute Gasteiger partial charge is 0.481 e. The SMILES string of the molecule is CC(CC[C@@H]1[C@@H](CC(=O)O)[C@@H](O)C[C@H]1O)(O[Si](C)(C)C(C)(C)C)C1CCCCC1. The van der Waals surface area contributed by atoms with Crippen molar-refractivity contribution in [3.05, 3.63) is 0 Å². The molecule has 0 aliphatic heterocycles. The Bertz CT molecular complexity index is 552. The first-order valence-electron chi connectivity index (χ1n) is 11.5. The Labute approximate surface area is 178 Å². The lowest BCUT2D eigenvalue weighted by Gasteiger charge is -2.49. The van der Waals surface area contributed by atoms with Crippen molar-refractivity contribution >= 4 is 14.3 Å². The normalized spacial score (nSPS) is 31.6. The summed E-state index contributed by atoms with van der Waals surface area (Å²) in [5.74, 6) is -0.939. The summed E-state index contributed by atoms with van der Waals surface area (Å²) in [6.45, 7) is 13.7. The van der Waals surface area contributed by atoms with E-state index in [1.54, 1.807) is 0 Å². The van der Waals surface area contributed by atoms with Crippen molar-refractivity contribution in [2.24, 2.45) is 17.8 Å². The molecule has 2 saturated carbocycles. The second-order valence-electron chi connectivity index (χ2n) is 11.3. The Hall–Kier alpha value is -0.433. The molecule has 0 spiro atoms. The number of carbonyl (C=O) groups is 1. The van der Waals surface area contributed by atoms with Gasteiger partial charge >= 0.3 is 5.97 Å². The van der Waals surface area contributed by atoms with Gasteiger partial charge in [0, 0.05) is 5.92 Å². The molecule has 0 saturated heterocycles. The minimum Gasteiger partial charge on any atom is -0.481 e. The molecule has 2 aliphatic rings. The first-order chi connectivity index (χ1) is 13.3. The predicted octanol–water partition coefficient (Wildman–Crippen LogP) is 4.96. The van der Waals surface area contributed by atoms with Gasteiger partial charge in [0.2, 0.25) is 0 Å². The minimum absolute atomic E-state index is 0.0773. The Balaban J connectivity index is 2.19. The topological polar surface area (TPSA) is 87.0 Å². The number of carboxylic acid groups (broad SMARTS) is 1. The molecule has 5 nitrogen and oxygen atoms in total. The number of aliphatic hydroxyl groups is 2. The zero-order valence-electron chi connectivity index (χ0n) is 19.4. The monoisotopic (exact) mass is 428 g/mol. The van der Waals surface area contributed by atoms with E-state index in [2.05, 4.69) is 40.8 Å². The van der Waals surface area contributed by atoms with Gasteiger partial charge in [-0.1, -0.05) is 40.0 Å². The van der Waals surface area contributed by atoms with Crippen LogP contribution in [0, 0.1) is 17.8 Å². The number of carboxylic acids is 1. The summed E-state index contributed by atoms with van der Waals surface area (Å²) in [5, 5.41) is 30.2. The van der Waals surface area contributed by atoms with E-state index in [-0.39, 0.29) is 35.3 Å². The third-order valence-electron chi connectivity index (χ3n) is 8.17. The molecule has 170 valence electrons. The lowest BCUT2D eigenvalue weighted by Crippen LogP contribution is -2.52. The van der Waals surface area contributed by atoms with Gasteiger partial charge < -0.3 is 19.7 Å². The fraction of sp³-hybridized carbons (Fsp3) is 0.957. The maximum Gasteiger partial charge on any atom is 0.303 e. The molecule has 2 aliphatic carbocycles. The van der Waals surface area contributed by atoms with Crippen molar-refractivity contribution in [3.63, 3.8) is 0 Å². The Kier molecular flexibility index (Phi) is 8.02. The van der Waals surface area contributed by atoms with Crippen LogP contribution in [0.25, 0.3) is 0 Å². The van der Waals surface area contributed by atoms with Gasteiger partial charge in [-0.25, -0.2) is 0 Å². The molecule has 0 radical (unpaired) electrons. The average molecular weight is 429 g/mol. The quantitative estimate of drug-likeness (QED) is 0.476. The van der Waals surface area contributed by atoms with Gasteiger partial charge in [-0.15, -0.1) is 0 Å². The second-order valence-corrected chi connectivity index (χ2v) is 16.1. The van der Waals surface area contributed by atoms with Gasteiger partial charge in [0.1, 0.15) is 0 Å². The highest BCUT2D eigenvalue weighted by atomic mass is 28.4. The summed E-state index contributed by atoms with van der Waals surface area (Å²) in [6.07, 6.45) is 6.51. The highest BCUT2D eigenvalue weighted by Crippen LogP contribution is 2.47. The Morgan fingerprint density at radius 2 is 1.55 bits per heavy atom. The Morgan fingerprint density at radius 3 is 2.07 bits per heavy atom. The van der Waals surface area contributed by atoms with E-state index in [4.69, 9.17) is 4.43 Å². The van der Waals surface area contributed by atoms with Crippen LogP contribution in [0.1, 0.15) is 85.5 Å². The van der Waals surface area contributed by atoms with Crippen LogP contribution in [0.15, 0.2) is 0 Å². The van der Waals surface area contributed by atoms with E-state index < -0.39 is 26.5 Å². The zero-order chi connectivity index (χ0) is 22.0. The van der Waals surface area contributed by atoms with Crippen LogP contribution in [0.4, 0.5) is 0 Å². The van der Waals surface area contributed by atoms with Crippen LogP contribution in [0.2, 0.25) is 18.1 Å².